The number of rotatable bonds is 5. The molecule has 1 aromatic rings. The van der Waals surface area contributed by atoms with Crippen molar-refractivity contribution in [1.29, 1.82) is 0 Å². The summed E-state index contributed by atoms with van der Waals surface area (Å²) in [5.74, 6) is 0.237. The molecule has 2 heterocycles. The van der Waals surface area contributed by atoms with Crippen molar-refractivity contribution in [3.05, 3.63) is 29.6 Å². The van der Waals surface area contributed by atoms with E-state index >= 15 is 0 Å². The molecule has 0 N–H and O–H groups in total. The van der Waals surface area contributed by atoms with Gasteiger partial charge in [0.15, 0.2) is 11.6 Å². The summed E-state index contributed by atoms with van der Waals surface area (Å²) in [7, 11) is 1.48. The topological polar surface area (TPSA) is 32.8 Å². The lowest BCUT2D eigenvalue weighted by molar-refractivity contribution is -0.132. The van der Waals surface area contributed by atoms with Crippen LogP contribution in [0, 0.1) is 5.82 Å². The maximum Gasteiger partial charge on any atom is 0.222 e. The minimum Gasteiger partial charge on any atom is -0.494 e. The van der Waals surface area contributed by atoms with Crippen LogP contribution >= 0.6 is 0 Å². The van der Waals surface area contributed by atoms with Gasteiger partial charge < -0.3 is 9.64 Å². The number of likely N-dealkylation sites (tertiary alicyclic amines) is 2. The van der Waals surface area contributed by atoms with E-state index in [4.69, 9.17) is 4.74 Å². The molecule has 1 aromatic carbocycles. The summed E-state index contributed by atoms with van der Waals surface area (Å²) in [6, 6.07) is 5.91. The third kappa shape index (κ3) is 3.41. The fourth-order valence-corrected chi connectivity index (χ4v) is 4.23. The number of hydrogen-bond acceptors (Lipinski definition) is 3. The monoisotopic (exact) mass is 334 g/mol. The maximum atomic E-state index is 13.9. The molecule has 0 saturated carbocycles. The second-order valence-electron chi connectivity index (χ2n) is 6.80. The van der Waals surface area contributed by atoms with E-state index in [1.54, 1.807) is 12.1 Å². The van der Waals surface area contributed by atoms with Crippen LogP contribution in [0.1, 0.15) is 44.6 Å². The first-order chi connectivity index (χ1) is 11.6. The zero-order chi connectivity index (χ0) is 17.1. The Morgan fingerprint density at radius 3 is 2.71 bits per heavy atom. The number of ether oxygens (including phenoxy) is 1. The van der Waals surface area contributed by atoms with Crippen LogP contribution in [0.15, 0.2) is 18.2 Å². The van der Waals surface area contributed by atoms with Crippen LogP contribution in [0.25, 0.3) is 0 Å². The molecule has 2 saturated heterocycles. The van der Waals surface area contributed by atoms with Gasteiger partial charge in [-0.3, -0.25) is 9.69 Å². The van der Waals surface area contributed by atoms with Gasteiger partial charge in [-0.2, -0.15) is 0 Å². The van der Waals surface area contributed by atoms with E-state index in [-0.39, 0.29) is 17.5 Å². The average molecular weight is 334 g/mol. The minimum atomic E-state index is -0.311. The minimum absolute atomic E-state index is 0.264. The van der Waals surface area contributed by atoms with Gasteiger partial charge in [-0.05, 0) is 49.9 Å². The molecule has 132 valence electrons. The van der Waals surface area contributed by atoms with Gasteiger partial charge >= 0.3 is 0 Å². The molecule has 2 aliphatic heterocycles. The Hall–Kier alpha value is -1.62. The number of amides is 1. The fourth-order valence-electron chi connectivity index (χ4n) is 4.23. The van der Waals surface area contributed by atoms with Crippen LogP contribution in [0.4, 0.5) is 4.39 Å². The van der Waals surface area contributed by atoms with Crippen molar-refractivity contribution in [2.24, 2.45) is 0 Å². The van der Waals surface area contributed by atoms with E-state index in [2.05, 4.69) is 9.80 Å². The van der Waals surface area contributed by atoms with Crippen molar-refractivity contribution in [1.82, 2.24) is 9.80 Å². The number of carbonyl (C=O) groups excluding carboxylic acids is 1. The van der Waals surface area contributed by atoms with Crippen molar-refractivity contribution in [2.75, 3.05) is 20.2 Å². The molecule has 0 unspecified atom stereocenters. The van der Waals surface area contributed by atoms with Gasteiger partial charge in [0.25, 0.3) is 0 Å². The third-order valence-corrected chi connectivity index (χ3v) is 5.38. The summed E-state index contributed by atoms with van der Waals surface area (Å²) < 4.78 is 18.9. The molecule has 2 aliphatic rings. The second kappa shape index (κ2) is 7.51. The molecule has 2 atom stereocenters. The van der Waals surface area contributed by atoms with Crippen LogP contribution in [-0.2, 0) is 11.3 Å². The number of benzene rings is 1. The van der Waals surface area contributed by atoms with Crippen LogP contribution in [0.5, 0.6) is 5.75 Å². The van der Waals surface area contributed by atoms with Crippen LogP contribution in [-0.4, -0.2) is 48.0 Å². The predicted octanol–water partition coefficient (Wildman–Crippen LogP) is 3.20. The van der Waals surface area contributed by atoms with Gasteiger partial charge in [-0.1, -0.05) is 13.0 Å². The van der Waals surface area contributed by atoms with Crippen LogP contribution < -0.4 is 4.74 Å². The SMILES string of the molecule is CCC(=O)N1CCC[C@@H]1[C@@H]1CCCN1Cc1ccc(OC)c(F)c1. The van der Waals surface area contributed by atoms with E-state index < -0.39 is 0 Å². The zero-order valence-corrected chi connectivity index (χ0v) is 14.6. The van der Waals surface area contributed by atoms with Gasteiger partial charge in [0, 0.05) is 31.6 Å². The normalized spacial score (nSPS) is 24.5. The molecule has 0 bridgehead atoms. The summed E-state index contributed by atoms with van der Waals surface area (Å²) in [6.07, 6.45) is 5.03. The highest BCUT2D eigenvalue weighted by molar-refractivity contribution is 5.76. The summed E-state index contributed by atoms with van der Waals surface area (Å²) in [6.45, 7) is 4.57. The van der Waals surface area contributed by atoms with Gasteiger partial charge in [0.05, 0.1) is 7.11 Å². The third-order valence-electron chi connectivity index (χ3n) is 5.38. The molecule has 0 aliphatic carbocycles. The summed E-state index contributed by atoms with van der Waals surface area (Å²) in [5, 5.41) is 0. The lowest BCUT2D eigenvalue weighted by atomic mass is 10.0. The number of carbonyl (C=O) groups is 1. The maximum absolute atomic E-state index is 13.9. The fraction of sp³-hybridized carbons (Fsp3) is 0.632. The molecule has 2 fully saturated rings. The first-order valence-electron chi connectivity index (χ1n) is 9.00. The summed E-state index contributed by atoms with van der Waals surface area (Å²) in [4.78, 5) is 16.7. The Morgan fingerprint density at radius 2 is 2.00 bits per heavy atom. The standard InChI is InChI=1S/C19H27FN2O2/c1-3-19(23)22-11-5-7-17(22)16-6-4-10-21(16)13-14-8-9-18(24-2)15(20)12-14/h8-9,12,16-17H,3-7,10-11,13H2,1-2H3/t16-,17+/m0/s1. The second-order valence-corrected chi connectivity index (χ2v) is 6.80. The van der Waals surface area contributed by atoms with E-state index in [9.17, 15) is 9.18 Å². The van der Waals surface area contributed by atoms with Crippen molar-refractivity contribution >= 4 is 5.91 Å². The molecule has 5 heteroatoms. The number of methoxy groups -OCH3 is 1. The van der Waals surface area contributed by atoms with Crippen molar-refractivity contribution in [3.63, 3.8) is 0 Å². The van der Waals surface area contributed by atoms with Crippen LogP contribution in [0.3, 0.4) is 0 Å². The summed E-state index contributed by atoms with van der Waals surface area (Å²) >= 11 is 0. The molecule has 24 heavy (non-hydrogen) atoms. The number of halogens is 1. The van der Waals surface area contributed by atoms with Crippen molar-refractivity contribution in [2.45, 2.75) is 57.7 Å². The molecular formula is C19H27FN2O2. The number of hydrogen-bond donors (Lipinski definition) is 0. The van der Waals surface area contributed by atoms with Crippen molar-refractivity contribution in [3.8, 4) is 5.75 Å². The quantitative estimate of drug-likeness (QED) is 0.829. The molecule has 0 aromatic heterocycles. The molecule has 0 spiro atoms. The molecule has 3 rings (SSSR count). The highest BCUT2D eigenvalue weighted by atomic mass is 19.1. The Bertz CT molecular complexity index is 593. The predicted molar refractivity (Wildman–Crippen MR) is 91.4 cm³/mol. The van der Waals surface area contributed by atoms with Gasteiger partial charge in [-0.25, -0.2) is 4.39 Å². The molecule has 0 radical (unpaired) electrons. The van der Waals surface area contributed by atoms with Gasteiger partial charge in [-0.15, -0.1) is 0 Å². The first-order valence-corrected chi connectivity index (χ1v) is 9.00. The summed E-state index contributed by atoms with van der Waals surface area (Å²) in [5.41, 5.74) is 0.964. The Balaban J connectivity index is 1.71. The zero-order valence-electron chi connectivity index (χ0n) is 14.6. The molecular weight excluding hydrogens is 307 g/mol. The Labute approximate surface area is 143 Å². The van der Waals surface area contributed by atoms with Crippen molar-refractivity contribution < 1.29 is 13.9 Å². The van der Waals surface area contributed by atoms with E-state index in [0.717, 1.165) is 50.9 Å². The smallest absolute Gasteiger partial charge is 0.222 e. The van der Waals surface area contributed by atoms with Crippen LogP contribution in [0.2, 0.25) is 0 Å². The van der Waals surface area contributed by atoms with E-state index in [0.29, 0.717) is 18.5 Å². The lowest BCUT2D eigenvalue weighted by Gasteiger charge is -2.35. The Kier molecular flexibility index (Phi) is 5.39. The Morgan fingerprint density at radius 1 is 1.25 bits per heavy atom. The van der Waals surface area contributed by atoms with E-state index in [1.807, 2.05) is 13.0 Å². The lowest BCUT2D eigenvalue weighted by Crippen LogP contribution is -2.47. The highest BCUT2D eigenvalue weighted by Crippen LogP contribution is 2.32. The first kappa shape index (κ1) is 17.2. The van der Waals surface area contributed by atoms with Gasteiger partial charge in [0.2, 0.25) is 5.91 Å². The highest BCUT2D eigenvalue weighted by Gasteiger charge is 2.39. The largest absolute Gasteiger partial charge is 0.494 e. The average Bonchev–Trinajstić information content (AvgIpc) is 3.23. The number of nitrogens with zero attached hydrogens (tertiary/aromatic N) is 2. The molecule has 4 nitrogen and oxygen atoms in total. The van der Waals surface area contributed by atoms with E-state index in [1.165, 1.54) is 7.11 Å². The molecule has 1 amide bonds. The van der Waals surface area contributed by atoms with Gasteiger partial charge in [0.1, 0.15) is 0 Å².